The number of nitrogens with zero attached hydrogens (tertiary/aromatic N) is 12. The molecule has 1 saturated heterocycles. The van der Waals surface area contributed by atoms with Crippen LogP contribution in [0.1, 0.15) is 24.2 Å². The maximum absolute atomic E-state index is 9.06. The van der Waals surface area contributed by atoms with Gasteiger partial charge in [0.05, 0.1) is 11.9 Å². The molecule has 14 nitrogen and oxygen atoms in total. The third-order valence-corrected chi connectivity index (χ3v) is 7.60. The van der Waals surface area contributed by atoms with Crippen LogP contribution in [0.5, 0.6) is 0 Å². The van der Waals surface area contributed by atoms with Crippen LogP contribution >= 0.6 is 0 Å². The second kappa shape index (κ2) is 11.5. The number of pyridine rings is 1. The largest absolute Gasteiger partial charge is 0.382 e. The molecular formula is C30H28N14. The van der Waals surface area contributed by atoms with Gasteiger partial charge < -0.3 is 11.1 Å². The molecule has 6 aromatic rings. The van der Waals surface area contributed by atoms with Crippen LogP contribution in [0.2, 0.25) is 0 Å². The van der Waals surface area contributed by atoms with Crippen LogP contribution < -0.4 is 11.1 Å². The SMILES string of the molecule is Cn1ncc(-c2ccc3nc(-c4nccnc4N)n(-c4ccc(CN5CCC(Nc6ccnc(C#N)n6)CC5)cc4)c3n2)n1. The number of nitriles is 1. The zero-order valence-corrected chi connectivity index (χ0v) is 23.9. The first-order chi connectivity index (χ1) is 21.5. The Kier molecular flexibility index (Phi) is 7.05. The third kappa shape index (κ3) is 5.39. The fourth-order valence-electron chi connectivity index (χ4n) is 5.43. The van der Waals surface area contributed by atoms with Crippen molar-refractivity contribution < 1.29 is 0 Å². The fraction of sp³-hybridized carbons (Fsp3) is 0.233. The lowest BCUT2D eigenvalue weighted by atomic mass is 10.0. The Morgan fingerprint density at radius 2 is 1.75 bits per heavy atom. The van der Waals surface area contributed by atoms with Gasteiger partial charge in [-0.05, 0) is 48.7 Å². The summed E-state index contributed by atoms with van der Waals surface area (Å²) in [6, 6.07) is 16.3. The highest BCUT2D eigenvalue weighted by Gasteiger charge is 2.22. The number of imidazole rings is 1. The number of aryl methyl sites for hydroxylation is 1. The summed E-state index contributed by atoms with van der Waals surface area (Å²) in [5, 5.41) is 21.1. The van der Waals surface area contributed by atoms with Gasteiger partial charge in [-0.25, -0.2) is 29.9 Å². The molecule has 6 heterocycles. The van der Waals surface area contributed by atoms with Crippen molar-refractivity contribution in [1.82, 2.24) is 54.4 Å². The number of fused-ring (bicyclic) bond motifs is 1. The zero-order valence-electron chi connectivity index (χ0n) is 23.9. The molecule has 1 aromatic carbocycles. The monoisotopic (exact) mass is 584 g/mol. The van der Waals surface area contributed by atoms with E-state index in [0.29, 0.717) is 45.9 Å². The van der Waals surface area contributed by atoms with E-state index in [9.17, 15) is 0 Å². The van der Waals surface area contributed by atoms with E-state index in [4.69, 9.17) is 21.0 Å². The van der Waals surface area contributed by atoms with Crippen molar-refractivity contribution in [2.45, 2.75) is 25.4 Å². The van der Waals surface area contributed by atoms with Crippen molar-refractivity contribution in [3.8, 4) is 34.7 Å². The fourth-order valence-corrected chi connectivity index (χ4v) is 5.43. The van der Waals surface area contributed by atoms with E-state index < -0.39 is 0 Å². The number of rotatable bonds is 7. The number of nitrogens with one attached hydrogen (secondary N) is 1. The predicted molar refractivity (Wildman–Crippen MR) is 163 cm³/mol. The van der Waals surface area contributed by atoms with Gasteiger partial charge in [0.15, 0.2) is 17.3 Å². The normalized spacial score (nSPS) is 14.1. The number of hydrogen-bond donors (Lipinski definition) is 2. The van der Waals surface area contributed by atoms with Crippen molar-refractivity contribution in [3.05, 3.63) is 78.6 Å². The van der Waals surface area contributed by atoms with Gasteiger partial charge in [0.25, 0.3) is 0 Å². The molecule has 44 heavy (non-hydrogen) atoms. The molecule has 218 valence electrons. The highest BCUT2D eigenvalue weighted by molar-refractivity contribution is 5.83. The van der Waals surface area contributed by atoms with Gasteiger partial charge >= 0.3 is 0 Å². The van der Waals surface area contributed by atoms with Crippen LogP contribution in [0.15, 0.2) is 67.3 Å². The first-order valence-corrected chi connectivity index (χ1v) is 14.2. The molecule has 0 atom stereocenters. The van der Waals surface area contributed by atoms with E-state index >= 15 is 0 Å². The number of likely N-dealkylation sites (tertiary alicyclic amines) is 1. The van der Waals surface area contributed by atoms with Crippen LogP contribution in [0.3, 0.4) is 0 Å². The number of hydrogen-bond acceptors (Lipinski definition) is 12. The molecule has 0 radical (unpaired) electrons. The van der Waals surface area contributed by atoms with Gasteiger partial charge in [-0.2, -0.15) is 20.3 Å². The molecule has 0 aliphatic carbocycles. The second-order valence-electron chi connectivity index (χ2n) is 10.6. The quantitative estimate of drug-likeness (QED) is 0.281. The smallest absolute Gasteiger partial charge is 0.234 e. The highest BCUT2D eigenvalue weighted by atomic mass is 15.4. The van der Waals surface area contributed by atoms with Gasteiger partial charge in [-0.3, -0.25) is 9.47 Å². The Bertz CT molecular complexity index is 1980. The minimum atomic E-state index is 0.175. The van der Waals surface area contributed by atoms with Gasteiger partial charge in [-0.1, -0.05) is 12.1 Å². The molecule has 1 aliphatic heterocycles. The van der Waals surface area contributed by atoms with E-state index in [1.54, 1.807) is 37.9 Å². The summed E-state index contributed by atoms with van der Waals surface area (Å²) in [7, 11) is 1.77. The Hall–Kier alpha value is -5.81. The lowest BCUT2D eigenvalue weighted by Crippen LogP contribution is -2.38. The average Bonchev–Trinajstić information content (AvgIpc) is 3.66. The zero-order chi connectivity index (χ0) is 30.0. The number of nitrogen functional groups attached to an aromatic ring is 1. The summed E-state index contributed by atoms with van der Waals surface area (Å²) in [6.07, 6.45) is 8.42. The maximum Gasteiger partial charge on any atom is 0.234 e. The maximum atomic E-state index is 9.06. The van der Waals surface area contributed by atoms with Crippen molar-refractivity contribution in [1.29, 1.82) is 5.26 Å². The number of aromatic nitrogens is 10. The van der Waals surface area contributed by atoms with Crippen molar-refractivity contribution in [2.75, 3.05) is 24.1 Å². The molecule has 0 spiro atoms. The Balaban J connectivity index is 1.13. The van der Waals surface area contributed by atoms with E-state index in [-0.39, 0.29) is 11.6 Å². The van der Waals surface area contributed by atoms with Crippen LogP contribution in [0, 0.1) is 11.3 Å². The van der Waals surface area contributed by atoms with Crippen LogP contribution in [0.25, 0.3) is 39.8 Å². The van der Waals surface area contributed by atoms with Gasteiger partial charge in [0, 0.05) is 57.0 Å². The molecule has 0 saturated carbocycles. The summed E-state index contributed by atoms with van der Waals surface area (Å²) < 4.78 is 1.96. The topological polar surface area (TPSA) is 178 Å². The molecule has 0 unspecified atom stereocenters. The minimum absolute atomic E-state index is 0.175. The molecule has 3 N–H and O–H groups in total. The second-order valence-corrected chi connectivity index (χ2v) is 10.6. The van der Waals surface area contributed by atoms with E-state index in [1.807, 2.05) is 22.8 Å². The molecule has 14 heteroatoms. The summed E-state index contributed by atoms with van der Waals surface area (Å²) in [5.41, 5.74) is 11.5. The van der Waals surface area contributed by atoms with E-state index in [0.717, 1.165) is 38.2 Å². The summed E-state index contributed by atoms with van der Waals surface area (Å²) in [6.45, 7) is 2.74. The number of piperidine rings is 1. The lowest BCUT2D eigenvalue weighted by Gasteiger charge is -2.32. The predicted octanol–water partition coefficient (Wildman–Crippen LogP) is 2.99. The standard InChI is InChI=1S/C30H28N14/c1-42-36-17-24(41-42)22-6-7-23-29(38-22)44(30(39-23)27-28(32)35-13-12-34-27)21-4-2-19(3-5-21)18-43-14-9-20(10-15-43)37-25-8-11-33-26(16-31)40-25/h2-8,11-13,17,20H,9-10,14-15,18H2,1H3,(H2,32,35)(H,33,37,40). The molecule has 0 amide bonds. The first kappa shape index (κ1) is 27.0. The molecular weight excluding hydrogens is 556 g/mol. The van der Waals surface area contributed by atoms with Gasteiger partial charge in [-0.15, -0.1) is 0 Å². The van der Waals surface area contributed by atoms with Gasteiger partial charge in [0.2, 0.25) is 5.82 Å². The van der Waals surface area contributed by atoms with Crippen molar-refractivity contribution in [2.24, 2.45) is 7.05 Å². The average molecular weight is 585 g/mol. The van der Waals surface area contributed by atoms with E-state index in [1.165, 1.54) is 10.4 Å². The molecule has 1 aliphatic rings. The molecule has 1 fully saturated rings. The lowest BCUT2D eigenvalue weighted by molar-refractivity contribution is 0.211. The minimum Gasteiger partial charge on any atom is -0.382 e. The van der Waals surface area contributed by atoms with Crippen LogP contribution in [-0.2, 0) is 13.6 Å². The van der Waals surface area contributed by atoms with E-state index in [2.05, 4.69) is 64.6 Å². The molecule has 0 bridgehead atoms. The highest BCUT2D eigenvalue weighted by Crippen LogP contribution is 2.30. The number of anilines is 2. The summed E-state index contributed by atoms with van der Waals surface area (Å²) in [5.74, 6) is 1.72. The summed E-state index contributed by atoms with van der Waals surface area (Å²) >= 11 is 0. The first-order valence-electron chi connectivity index (χ1n) is 14.2. The van der Waals surface area contributed by atoms with Crippen molar-refractivity contribution >= 4 is 22.8 Å². The van der Waals surface area contributed by atoms with Gasteiger partial charge in [0.1, 0.15) is 28.8 Å². The van der Waals surface area contributed by atoms with Crippen LogP contribution in [0.4, 0.5) is 11.6 Å². The number of nitrogens with two attached hydrogens (primary N) is 1. The number of benzene rings is 1. The van der Waals surface area contributed by atoms with Crippen LogP contribution in [-0.4, -0.2) is 73.5 Å². The Labute approximate surface area is 252 Å². The Morgan fingerprint density at radius 3 is 2.50 bits per heavy atom. The molecule has 7 rings (SSSR count). The molecule has 5 aromatic heterocycles. The van der Waals surface area contributed by atoms with Crippen molar-refractivity contribution in [3.63, 3.8) is 0 Å². The third-order valence-electron chi connectivity index (χ3n) is 7.60. The summed E-state index contributed by atoms with van der Waals surface area (Å²) in [4.78, 5) is 30.7. The Morgan fingerprint density at radius 1 is 0.932 bits per heavy atom.